The van der Waals surface area contributed by atoms with E-state index in [9.17, 15) is 9.59 Å². The molecule has 29 heavy (non-hydrogen) atoms. The van der Waals surface area contributed by atoms with Gasteiger partial charge in [0.05, 0.1) is 5.41 Å². The molecule has 1 aromatic rings. The molecular formula is C22H38N4O2S. The molecule has 1 saturated carbocycles. The number of hydrogen-bond donors (Lipinski definition) is 2. The molecule has 1 aliphatic carbocycles. The fraction of sp³-hybridized carbons (Fsp3) is 0.773. The maximum absolute atomic E-state index is 13.4. The fourth-order valence-corrected chi connectivity index (χ4v) is 4.95. The van der Waals surface area contributed by atoms with E-state index in [-0.39, 0.29) is 28.9 Å². The second-order valence-electron chi connectivity index (χ2n) is 9.94. The van der Waals surface area contributed by atoms with Gasteiger partial charge in [-0.3, -0.25) is 8.75 Å². The monoisotopic (exact) mass is 422 g/mol. The Morgan fingerprint density at radius 1 is 1.31 bits per heavy atom. The van der Waals surface area contributed by atoms with Gasteiger partial charge in [0.15, 0.2) is 0 Å². The summed E-state index contributed by atoms with van der Waals surface area (Å²) in [5.41, 5.74) is 0.110. The van der Waals surface area contributed by atoms with Crippen LogP contribution in [0.3, 0.4) is 0 Å². The van der Waals surface area contributed by atoms with E-state index in [1.165, 1.54) is 0 Å². The zero-order valence-corrected chi connectivity index (χ0v) is 20.1. The highest BCUT2D eigenvalue weighted by Crippen LogP contribution is 2.53. The molecule has 0 radical (unpaired) electrons. The molecule has 0 aromatic carbocycles. The van der Waals surface area contributed by atoms with Gasteiger partial charge in [0, 0.05) is 30.4 Å². The van der Waals surface area contributed by atoms with Crippen LogP contribution in [0.4, 0.5) is 4.79 Å². The van der Waals surface area contributed by atoms with Crippen molar-refractivity contribution in [1.29, 1.82) is 0 Å². The topological polar surface area (TPSA) is 75.5 Å². The molecule has 1 fully saturated rings. The van der Waals surface area contributed by atoms with E-state index in [1.807, 2.05) is 6.92 Å². The van der Waals surface area contributed by atoms with Crippen molar-refractivity contribution in [2.45, 2.75) is 92.2 Å². The molecule has 164 valence electrons. The van der Waals surface area contributed by atoms with E-state index in [4.69, 9.17) is 0 Å². The average molecular weight is 423 g/mol. The van der Waals surface area contributed by atoms with Gasteiger partial charge in [-0.15, -0.1) is 0 Å². The summed E-state index contributed by atoms with van der Waals surface area (Å²) >= 11 is 1.57. The number of amides is 3. The Bertz CT molecular complexity index is 816. The number of unbranched alkanes of at least 4 members (excludes halogenated alkanes) is 1. The first-order valence-corrected chi connectivity index (χ1v) is 11.4. The standard InChI is InChI=1S/C22H38N4O2S/c1-9-10-11-15-14-26(20(2,3)4)29-17(15)25-18(27)22(7)13-12-16(21(22,5)6)24-19(28)23-8/h14,16H,9-13H2,1-8H3,(H2,23,24,28)/b25-17-/t16-,22-/m0/s1. The van der Waals surface area contributed by atoms with E-state index < -0.39 is 5.41 Å². The predicted octanol–water partition coefficient (Wildman–Crippen LogP) is 4.20. The van der Waals surface area contributed by atoms with E-state index >= 15 is 0 Å². The second-order valence-corrected chi connectivity index (χ2v) is 10.9. The summed E-state index contributed by atoms with van der Waals surface area (Å²) < 4.78 is 3.03. The highest BCUT2D eigenvalue weighted by atomic mass is 32.1. The van der Waals surface area contributed by atoms with Gasteiger partial charge < -0.3 is 10.6 Å². The Labute approximate surface area is 179 Å². The molecule has 0 saturated heterocycles. The summed E-state index contributed by atoms with van der Waals surface area (Å²) in [7, 11) is 1.61. The average Bonchev–Trinajstić information content (AvgIpc) is 3.14. The number of aromatic nitrogens is 1. The SMILES string of the molecule is CCCCc1cn(C(C)(C)C)s/c1=N\C(=O)[C@]1(C)CC[C@H](NC(=O)NC)C1(C)C. The Kier molecular flexibility index (Phi) is 7.03. The largest absolute Gasteiger partial charge is 0.341 e. The van der Waals surface area contributed by atoms with Gasteiger partial charge in [-0.25, -0.2) is 9.79 Å². The van der Waals surface area contributed by atoms with E-state index in [1.54, 1.807) is 18.6 Å². The molecule has 0 bridgehead atoms. The molecule has 1 aromatic heterocycles. The van der Waals surface area contributed by atoms with Crippen LogP contribution >= 0.6 is 11.5 Å². The smallest absolute Gasteiger partial charge is 0.314 e. The van der Waals surface area contributed by atoms with Gasteiger partial charge in [0.25, 0.3) is 5.91 Å². The number of hydrogen-bond acceptors (Lipinski definition) is 3. The molecular weight excluding hydrogens is 384 g/mol. The van der Waals surface area contributed by atoms with Crippen LogP contribution in [0.15, 0.2) is 11.2 Å². The summed E-state index contributed by atoms with van der Waals surface area (Å²) in [6.45, 7) is 14.8. The molecule has 7 heteroatoms. The van der Waals surface area contributed by atoms with Crippen molar-refractivity contribution in [3.8, 4) is 0 Å². The number of rotatable bonds is 5. The van der Waals surface area contributed by atoms with Gasteiger partial charge in [-0.2, -0.15) is 0 Å². The summed E-state index contributed by atoms with van der Waals surface area (Å²) in [6.07, 6.45) is 6.77. The molecule has 2 rings (SSSR count). The lowest BCUT2D eigenvalue weighted by Gasteiger charge is -2.39. The van der Waals surface area contributed by atoms with Crippen LogP contribution in [0.1, 0.15) is 79.7 Å². The number of carbonyl (C=O) groups excluding carboxylic acids is 2. The van der Waals surface area contributed by atoms with Crippen LogP contribution in [-0.2, 0) is 16.8 Å². The van der Waals surface area contributed by atoms with E-state index in [0.717, 1.165) is 35.9 Å². The van der Waals surface area contributed by atoms with Crippen LogP contribution in [0.5, 0.6) is 0 Å². The number of urea groups is 1. The lowest BCUT2D eigenvalue weighted by Crippen LogP contribution is -2.51. The molecule has 0 spiro atoms. The Morgan fingerprint density at radius 2 is 1.97 bits per heavy atom. The van der Waals surface area contributed by atoms with Crippen molar-refractivity contribution in [1.82, 2.24) is 14.6 Å². The van der Waals surface area contributed by atoms with E-state index in [0.29, 0.717) is 6.42 Å². The predicted molar refractivity (Wildman–Crippen MR) is 119 cm³/mol. The van der Waals surface area contributed by atoms with Crippen molar-refractivity contribution in [2.24, 2.45) is 15.8 Å². The molecule has 3 amide bonds. The molecule has 1 heterocycles. The third kappa shape index (κ3) is 4.76. The molecule has 0 unspecified atom stereocenters. The number of aryl methyl sites for hydroxylation is 1. The van der Waals surface area contributed by atoms with Crippen molar-refractivity contribution in [3.63, 3.8) is 0 Å². The van der Waals surface area contributed by atoms with E-state index in [2.05, 4.69) is 67.3 Å². The number of carbonyl (C=O) groups is 2. The highest BCUT2D eigenvalue weighted by Gasteiger charge is 2.56. The third-order valence-electron chi connectivity index (χ3n) is 6.63. The molecule has 0 aliphatic heterocycles. The summed E-state index contributed by atoms with van der Waals surface area (Å²) in [4.78, 5) is 29.9. The number of nitrogens with zero attached hydrogens (tertiary/aromatic N) is 2. The Hall–Kier alpha value is -1.63. The number of nitrogens with one attached hydrogen (secondary N) is 2. The first-order chi connectivity index (χ1) is 13.4. The molecule has 6 nitrogen and oxygen atoms in total. The molecule has 2 atom stereocenters. The lowest BCUT2D eigenvalue weighted by atomic mass is 9.67. The summed E-state index contributed by atoms with van der Waals surface area (Å²) in [5.74, 6) is -0.0793. The van der Waals surface area contributed by atoms with Crippen LogP contribution in [0, 0.1) is 10.8 Å². The fourth-order valence-electron chi connectivity index (χ4n) is 3.92. The van der Waals surface area contributed by atoms with Gasteiger partial charge in [-0.1, -0.05) is 34.1 Å². The minimum absolute atomic E-state index is 0.0402. The quantitative estimate of drug-likeness (QED) is 0.746. The zero-order valence-electron chi connectivity index (χ0n) is 19.3. The van der Waals surface area contributed by atoms with Gasteiger partial charge >= 0.3 is 6.03 Å². The maximum Gasteiger partial charge on any atom is 0.314 e. The first kappa shape index (κ1) is 23.6. The minimum Gasteiger partial charge on any atom is -0.341 e. The van der Waals surface area contributed by atoms with Crippen LogP contribution in [0.2, 0.25) is 0 Å². The molecule has 2 N–H and O–H groups in total. The van der Waals surface area contributed by atoms with Gasteiger partial charge in [0.2, 0.25) is 0 Å². The second kappa shape index (κ2) is 8.62. The van der Waals surface area contributed by atoms with Crippen LogP contribution in [-0.4, -0.2) is 29.0 Å². The summed E-state index contributed by atoms with van der Waals surface area (Å²) in [6, 6.07) is -0.267. The van der Waals surface area contributed by atoms with Crippen molar-refractivity contribution in [2.75, 3.05) is 7.05 Å². The third-order valence-corrected chi connectivity index (χ3v) is 8.00. The Morgan fingerprint density at radius 3 is 2.52 bits per heavy atom. The van der Waals surface area contributed by atoms with Crippen molar-refractivity contribution in [3.05, 3.63) is 16.4 Å². The minimum atomic E-state index is -0.614. The first-order valence-electron chi connectivity index (χ1n) is 10.7. The summed E-state index contributed by atoms with van der Waals surface area (Å²) in [5, 5.41) is 5.62. The Balaban J connectivity index is 2.40. The lowest BCUT2D eigenvalue weighted by molar-refractivity contribution is -0.131. The normalized spacial score (nSPS) is 24.6. The zero-order chi connectivity index (χ0) is 22.0. The molecule has 1 aliphatic rings. The van der Waals surface area contributed by atoms with Gasteiger partial charge in [-0.05, 0) is 63.4 Å². The van der Waals surface area contributed by atoms with Crippen LogP contribution < -0.4 is 15.3 Å². The highest BCUT2D eigenvalue weighted by molar-refractivity contribution is 7.04. The van der Waals surface area contributed by atoms with Gasteiger partial charge in [0.1, 0.15) is 4.67 Å². The van der Waals surface area contributed by atoms with Crippen LogP contribution in [0.25, 0.3) is 0 Å². The van der Waals surface area contributed by atoms with Crippen molar-refractivity contribution >= 4 is 23.5 Å². The van der Waals surface area contributed by atoms with Crippen molar-refractivity contribution < 1.29 is 9.59 Å². The maximum atomic E-state index is 13.4.